The molecular weight excluding hydrogens is 526 g/mol. The molecule has 2 fully saturated rings. The summed E-state index contributed by atoms with van der Waals surface area (Å²) in [6, 6.07) is 27.2. The van der Waals surface area contributed by atoms with Crippen molar-refractivity contribution in [1.29, 1.82) is 0 Å². The zero-order valence-corrected chi connectivity index (χ0v) is 22.6. The summed E-state index contributed by atoms with van der Waals surface area (Å²) in [6.45, 7) is 5.89. The van der Waals surface area contributed by atoms with Gasteiger partial charge < -0.3 is 9.80 Å². The van der Waals surface area contributed by atoms with E-state index in [4.69, 9.17) is 4.98 Å². The number of fused-ring (bicyclic) bond motifs is 1. The number of imidazole rings is 1. The van der Waals surface area contributed by atoms with Crippen molar-refractivity contribution >= 4 is 38.6 Å². The van der Waals surface area contributed by atoms with Crippen LogP contribution in [0.25, 0.3) is 16.7 Å². The number of amides is 1. The molecule has 6 nitrogen and oxygen atoms in total. The Morgan fingerprint density at radius 3 is 2.43 bits per heavy atom. The highest BCUT2D eigenvalue weighted by atomic mass is 79.9. The summed E-state index contributed by atoms with van der Waals surface area (Å²) >= 11 is 3.62. The molecule has 3 aromatic carbocycles. The third kappa shape index (κ3) is 5.15. The Labute approximate surface area is 226 Å². The predicted molar refractivity (Wildman–Crippen MR) is 152 cm³/mol. The van der Waals surface area contributed by atoms with Crippen molar-refractivity contribution in [2.24, 2.45) is 5.92 Å². The Kier molecular flexibility index (Phi) is 6.98. The zero-order chi connectivity index (χ0) is 25.2. The molecule has 0 saturated carbocycles. The van der Waals surface area contributed by atoms with E-state index in [0.717, 1.165) is 85.7 Å². The summed E-state index contributed by atoms with van der Waals surface area (Å²) in [5.41, 5.74) is 4.45. The first kappa shape index (κ1) is 24.2. The van der Waals surface area contributed by atoms with Gasteiger partial charge in [-0.25, -0.2) is 4.98 Å². The van der Waals surface area contributed by atoms with E-state index in [1.165, 1.54) is 5.69 Å². The lowest BCUT2D eigenvalue weighted by molar-refractivity contribution is -0.137. The quantitative estimate of drug-likeness (QED) is 0.332. The largest absolute Gasteiger partial charge is 0.368 e. The SMILES string of the molecule is O=C([C@H]1CCCN(Cc2nc3ccccc3n2-c2cccc(Br)c2)C1)N1CCN(c2ccccc2)CC1. The minimum atomic E-state index is 0.0562. The van der Waals surface area contributed by atoms with Gasteiger partial charge in [-0.3, -0.25) is 14.3 Å². The number of para-hydroxylation sites is 3. The number of halogens is 1. The normalized spacial score (nSPS) is 18.9. The molecule has 0 aliphatic carbocycles. The molecule has 4 aromatic rings. The number of hydrogen-bond donors (Lipinski definition) is 0. The van der Waals surface area contributed by atoms with Crippen LogP contribution in [0.15, 0.2) is 83.3 Å². The Morgan fingerprint density at radius 1 is 0.865 bits per heavy atom. The Morgan fingerprint density at radius 2 is 1.62 bits per heavy atom. The molecule has 6 rings (SSSR count). The van der Waals surface area contributed by atoms with Gasteiger partial charge in [0.1, 0.15) is 5.82 Å². The predicted octanol–water partition coefficient (Wildman–Crippen LogP) is 5.35. The highest BCUT2D eigenvalue weighted by Crippen LogP contribution is 2.27. The summed E-state index contributed by atoms with van der Waals surface area (Å²) in [6.07, 6.45) is 2.01. The third-order valence-corrected chi connectivity index (χ3v) is 8.12. The van der Waals surface area contributed by atoms with Crippen LogP contribution >= 0.6 is 15.9 Å². The van der Waals surface area contributed by atoms with Gasteiger partial charge in [0.15, 0.2) is 0 Å². The van der Waals surface area contributed by atoms with Crippen molar-refractivity contribution in [3.63, 3.8) is 0 Å². The lowest BCUT2D eigenvalue weighted by atomic mass is 9.96. The van der Waals surface area contributed by atoms with Gasteiger partial charge in [0, 0.05) is 48.6 Å². The van der Waals surface area contributed by atoms with E-state index < -0.39 is 0 Å². The van der Waals surface area contributed by atoms with Gasteiger partial charge in [0.2, 0.25) is 5.91 Å². The molecular formula is C30H32BrN5O. The van der Waals surface area contributed by atoms with Crippen LogP contribution in [-0.2, 0) is 11.3 Å². The van der Waals surface area contributed by atoms with Crippen LogP contribution in [0.2, 0.25) is 0 Å². The van der Waals surface area contributed by atoms with Crippen LogP contribution in [0.4, 0.5) is 5.69 Å². The van der Waals surface area contributed by atoms with Crippen molar-refractivity contribution in [2.75, 3.05) is 44.2 Å². The number of benzene rings is 3. The van der Waals surface area contributed by atoms with Gasteiger partial charge in [-0.1, -0.05) is 52.3 Å². The molecule has 37 heavy (non-hydrogen) atoms. The molecule has 0 radical (unpaired) electrons. The molecule has 7 heteroatoms. The van der Waals surface area contributed by atoms with Gasteiger partial charge in [-0.15, -0.1) is 0 Å². The van der Waals surface area contributed by atoms with Crippen molar-refractivity contribution in [3.05, 3.63) is 89.2 Å². The number of piperidine rings is 1. The Hall–Kier alpha value is -3.16. The molecule has 1 amide bonds. The Balaban J connectivity index is 1.15. The molecule has 1 aromatic heterocycles. The van der Waals surface area contributed by atoms with E-state index in [1.807, 2.05) is 18.2 Å². The fourth-order valence-corrected chi connectivity index (χ4v) is 6.16. The standard InChI is InChI=1S/C30H32BrN5O/c31-24-9-6-12-26(20-24)36-28-14-5-4-13-27(28)32-29(36)22-33-15-7-8-23(21-33)30(37)35-18-16-34(17-19-35)25-10-2-1-3-11-25/h1-6,9-14,20,23H,7-8,15-19,21-22H2/t23-/m0/s1. The molecule has 1 atom stereocenters. The second-order valence-corrected chi connectivity index (χ2v) is 11.0. The molecule has 2 aliphatic rings. The minimum Gasteiger partial charge on any atom is -0.368 e. The highest BCUT2D eigenvalue weighted by Gasteiger charge is 2.31. The number of aromatic nitrogens is 2. The van der Waals surface area contributed by atoms with E-state index in [-0.39, 0.29) is 5.92 Å². The number of anilines is 1. The fraction of sp³-hybridized carbons (Fsp3) is 0.333. The van der Waals surface area contributed by atoms with Gasteiger partial charge in [0.25, 0.3) is 0 Å². The lowest BCUT2D eigenvalue weighted by Gasteiger charge is -2.39. The number of carbonyl (C=O) groups is 1. The molecule has 3 heterocycles. The maximum atomic E-state index is 13.5. The number of carbonyl (C=O) groups excluding carboxylic acids is 1. The highest BCUT2D eigenvalue weighted by molar-refractivity contribution is 9.10. The van der Waals surface area contributed by atoms with Crippen molar-refractivity contribution in [3.8, 4) is 5.69 Å². The molecule has 2 saturated heterocycles. The number of nitrogens with zero attached hydrogens (tertiary/aromatic N) is 5. The maximum Gasteiger partial charge on any atom is 0.227 e. The number of hydrogen-bond acceptors (Lipinski definition) is 4. The zero-order valence-electron chi connectivity index (χ0n) is 21.0. The van der Waals surface area contributed by atoms with Crippen molar-refractivity contribution < 1.29 is 4.79 Å². The van der Waals surface area contributed by atoms with Crippen LogP contribution < -0.4 is 4.90 Å². The summed E-state index contributed by atoms with van der Waals surface area (Å²) in [5, 5.41) is 0. The first-order valence-corrected chi connectivity index (χ1v) is 14.0. The summed E-state index contributed by atoms with van der Waals surface area (Å²) in [7, 11) is 0. The van der Waals surface area contributed by atoms with E-state index in [2.05, 4.69) is 95.9 Å². The second kappa shape index (κ2) is 10.7. The van der Waals surface area contributed by atoms with Gasteiger partial charge in [0.05, 0.1) is 23.5 Å². The van der Waals surface area contributed by atoms with E-state index in [9.17, 15) is 4.79 Å². The fourth-order valence-electron chi connectivity index (χ4n) is 5.77. The summed E-state index contributed by atoms with van der Waals surface area (Å²) in [4.78, 5) is 25.4. The topological polar surface area (TPSA) is 44.6 Å². The first-order chi connectivity index (χ1) is 18.2. The first-order valence-electron chi connectivity index (χ1n) is 13.2. The monoisotopic (exact) mass is 557 g/mol. The molecule has 0 bridgehead atoms. The van der Waals surface area contributed by atoms with E-state index in [1.54, 1.807) is 0 Å². The average Bonchev–Trinajstić information content (AvgIpc) is 3.31. The van der Waals surface area contributed by atoms with Crippen molar-refractivity contribution in [1.82, 2.24) is 19.4 Å². The Bertz CT molecular complexity index is 1380. The molecule has 2 aliphatic heterocycles. The van der Waals surface area contributed by atoms with Gasteiger partial charge in [-0.05, 0) is 61.9 Å². The van der Waals surface area contributed by atoms with E-state index in [0.29, 0.717) is 5.91 Å². The average molecular weight is 559 g/mol. The van der Waals surface area contributed by atoms with Crippen LogP contribution in [-0.4, -0.2) is 64.5 Å². The number of piperazine rings is 1. The van der Waals surface area contributed by atoms with Gasteiger partial charge in [-0.2, -0.15) is 0 Å². The summed E-state index contributed by atoms with van der Waals surface area (Å²) < 4.78 is 3.30. The van der Waals surface area contributed by atoms with Gasteiger partial charge >= 0.3 is 0 Å². The van der Waals surface area contributed by atoms with E-state index >= 15 is 0 Å². The van der Waals surface area contributed by atoms with Crippen LogP contribution in [0, 0.1) is 5.92 Å². The minimum absolute atomic E-state index is 0.0562. The maximum absolute atomic E-state index is 13.5. The number of likely N-dealkylation sites (tertiary alicyclic amines) is 1. The lowest BCUT2D eigenvalue weighted by Crippen LogP contribution is -2.52. The van der Waals surface area contributed by atoms with Crippen LogP contribution in [0.1, 0.15) is 18.7 Å². The smallest absolute Gasteiger partial charge is 0.227 e. The second-order valence-electron chi connectivity index (χ2n) is 10.1. The molecule has 0 spiro atoms. The van der Waals surface area contributed by atoms with Crippen molar-refractivity contribution in [2.45, 2.75) is 19.4 Å². The molecule has 0 N–H and O–H groups in total. The summed E-state index contributed by atoms with van der Waals surface area (Å²) in [5.74, 6) is 1.39. The molecule has 0 unspecified atom stereocenters. The van der Waals surface area contributed by atoms with Crippen LogP contribution in [0.5, 0.6) is 0 Å². The molecule has 190 valence electrons. The van der Waals surface area contributed by atoms with Crippen LogP contribution in [0.3, 0.4) is 0 Å². The third-order valence-electron chi connectivity index (χ3n) is 7.63. The number of rotatable bonds is 5.